The third-order valence-electron chi connectivity index (χ3n) is 4.67. The highest BCUT2D eigenvalue weighted by atomic mass is 16.7. The van der Waals surface area contributed by atoms with Gasteiger partial charge in [-0.05, 0) is 50.6 Å². The summed E-state index contributed by atoms with van der Waals surface area (Å²) in [5.41, 5.74) is 2.23. The molecule has 0 saturated heterocycles. The monoisotopic (exact) mass is 390 g/mol. The zero-order valence-electron chi connectivity index (χ0n) is 16.4. The first kappa shape index (κ1) is 18.7. The van der Waals surface area contributed by atoms with Gasteiger partial charge in [0.05, 0.1) is 12.2 Å². The maximum Gasteiger partial charge on any atom is 0.283 e. The smallest absolute Gasteiger partial charge is 0.283 e. The van der Waals surface area contributed by atoms with Gasteiger partial charge in [0.25, 0.3) is 5.91 Å². The Morgan fingerprint density at radius 2 is 2.00 bits per heavy atom. The van der Waals surface area contributed by atoms with E-state index < -0.39 is 5.91 Å². The second-order valence-electron chi connectivity index (χ2n) is 6.96. The molecule has 1 aromatic heterocycles. The lowest BCUT2D eigenvalue weighted by atomic mass is 10.1. The molecule has 7 heteroatoms. The zero-order valence-corrected chi connectivity index (χ0v) is 16.4. The van der Waals surface area contributed by atoms with Gasteiger partial charge in [0.1, 0.15) is 11.5 Å². The Balaban J connectivity index is 1.41. The summed E-state index contributed by atoms with van der Waals surface area (Å²) in [7, 11) is 0. The number of aliphatic imine (C=N–C) groups is 1. The zero-order chi connectivity index (χ0) is 20.4. The summed E-state index contributed by atoms with van der Waals surface area (Å²) in [6.07, 6.45) is 6.08. The van der Waals surface area contributed by atoms with Crippen molar-refractivity contribution in [1.29, 1.82) is 5.41 Å². The average molecular weight is 390 g/mol. The van der Waals surface area contributed by atoms with Crippen LogP contribution in [-0.4, -0.2) is 33.8 Å². The molecule has 2 aromatic rings. The third kappa shape index (κ3) is 3.99. The van der Waals surface area contributed by atoms with E-state index in [1.165, 1.54) is 10.6 Å². The molecule has 29 heavy (non-hydrogen) atoms. The number of amidine groups is 2. The van der Waals surface area contributed by atoms with Crippen LogP contribution in [0.1, 0.15) is 24.6 Å². The van der Waals surface area contributed by atoms with E-state index >= 15 is 0 Å². The molecular weight excluding hydrogens is 368 g/mol. The van der Waals surface area contributed by atoms with Crippen molar-refractivity contribution in [1.82, 2.24) is 9.63 Å². The molecule has 0 bridgehead atoms. The van der Waals surface area contributed by atoms with Gasteiger partial charge in [0.15, 0.2) is 11.7 Å². The first-order chi connectivity index (χ1) is 14.0. The van der Waals surface area contributed by atoms with Gasteiger partial charge in [-0.15, -0.1) is 5.06 Å². The molecule has 7 nitrogen and oxygen atoms in total. The highest BCUT2D eigenvalue weighted by molar-refractivity contribution is 6.32. The molecule has 0 saturated carbocycles. The van der Waals surface area contributed by atoms with Gasteiger partial charge in [-0.3, -0.25) is 10.2 Å². The first-order valence-corrected chi connectivity index (χ1v) is 9.46. The minimum Gasteiger partial charge on any atom is -0.494 e. The van der Waals surface area contributed by atoms with Gasteiger partial charge in [0.2, 0.25) is 0 Å². The summed E-state index contributed by atoms with van der Waals surface area (Å²) in [6, 6.07) is 11.8. The quantitative estimate of drug-likeness (QED) is 0.602. The van der Waals surface area contributed by atoms with Crippen LogP contribution >= 0.6 is 0 Å². The van der Waals surface area contributed by atoms with Crippen LogP contribution in [0.5, 0.6) is 5.75 Å². The molecule has 148 valence electrons. The van der Waals surface area contributed by atoms with Crippen molar-refractivity contribution in [2.24, 2.45) is 4.99 Å². The summed E-state index contributed by atoms with van der Waals surface area (Å²) < 4.78 is 7.80. The van der Waals surface area contributed by atoms with E-state index in [-0.39, 0.29) is 11.4 Å². The lowest BCUT2D eigenvalue weighted by molar-refractivity contribution is -0.114. The van der Waals surface area contributed by atoms with E-state index in [1.54, 1.807) is 19.1 Å². The number of carbonyl (C=O) groups is 1. The second kappa shape index (κ2) is 7.79. The molecule has 1 amide bonds. The number of rotatable bonds is 6. The number of nitrogens with zero attached hydrogens (tertiary/aromatic N) is 3. The molecule has 0 fully saturated rings. The summed E-state index contributed by atoms with van der Waals surface area (Å²) in [4.78, 5) is 21.9. The van der Waals surface area contributed by atoms with Gasteiger partial charge in [-0.2, -0.15) is 4.99 Å². The SMILES string of the molecule is CC1=CC2=NC(=O)/C(=C/c3cccn3CCCOc3ccc(C)cc3)C(=N)N2O1. The molecule has 2 aliphatic heterocycles. The van der Waals surface area contributed by atoms with Crippen LogP contribution in [-0.2, 0) is 16.2 Å². The number of aryl methyl sites for hydroxylation is 2. The Bertz CT molecular complexity index is 1040. The molecule has 3 heterocycles. The standard InChI is InChI=1S/C22H22N4O3/c1-15-6-8-18(9-7-15)28-12-4-11-25-10-3-5-17(25)14-19-21(23)26-20(24-22(19)27)13-16(2)29-26/h3,5-10,13-14,23H,4,11-12H2,1-2H3/b19-14+,23-21?. The fourth-order valence-corrected chi connectivity index (χ4v) is 3.17. The minimum absolute atomic E-state index is 0.0106. The van der Waals surface area contributed by atoms with Gasteiger partial charge >= 0.3 is 0 Å². The predicted octanol–water partition coefficient (Wildman–Crippen LogP) is 3.72. The second-order valence-corrected chi connectivity index (χ2v) is 6.96. The number of hydrogen-bond acceptors (Lipinski definition) is 4. The van der Waals surface area contributed by atoms with Crippen molar-refractivity contribution in [3.63, 3.8) is 0 Å². The number of benzene rings is 1. The Hall–Kier alpha value is -3.61. The van der Waals surface area contributed by atoms with E-state index in [1.807, 2.05) is 54.1 Å². The molecule has 0 aliphatic carbocycles. The normalized spacial score (nSPS) is 17.2. The van der Waals surface area contributed by atoms with Crippen molar-refractivity contribution in [3.8, 4) is 5.75 Å². The van der Waals surface area contributed by atoms with Gasteiger partial charge in [-0.1, -0.05) is 17.7 Å². The largest absolute Gasteiger partial charge is 0.494 e. The Morgan fingerprint density at radius 1 is 1.21 bits per heavy atom. The highest BCUT2D eigenvalue weighted by Crippen LogP contribution is 2.23. The summed E-state index contributed by atoms with van der Waals surface area (Å²) in [5, 5.41) is 9.58. The molecule has 0 atom stereocenters. The number of hydroxylamine groups is 2. The molecule has 0 radical (unpaired) electrons. The average Bonchev–Trinajstić information content (AvgIpc) is 3.29. The van der Waals surface area contributed by atoms with E-state index in [2.05, 4.69) is 4.99 Å². The van der Waals surface area contributed by atoms with Crippen LogP contribution in [0.25, 0.3) is 6.08 Å². The number of nitrogens with one attached hydrogen (secondary N) is 1. The number of aromatic nitrogens is 1. The van der Waals surface area contributed by atoms with Gasteiger partial charge in [-0.25, -0.2) is 0 Å². The van der Waals surface area contributed by atoms with Crippen LogP contribution < -0.4 is 4.74 Å². The number of amides is 1. The Labute approximate surface area is 169 Å². The van der Waals surface area contributed by atoms with Crippen molar-refractivity contribution in [2.45, 2.75) is 26.8 Å². The number of carbonyl (C=O) groups excluding carboxylic acids is 1. The Kier molecular flexibility index (Phi) is 5.03. The van der Waals surface area contributed by atoms with E-state index in [9.17, 15) is 4.79 Å². The number of allylic oxidation sites excluding steroid dienone is 1. The molecule has 0 spiro atoms. The lowest BCUT2D eigenvalue weighted by Gasteiger charge is -2.23. The Morgan fingerprint density at radius 3 is 2.79 bits per heavy atom. The number of fused-ring (bicyclic) bond motifs is 1. The van der Waals surface area contributed by atoms with Gasteiger partial charge < -0.3 is 14.1 Å². The third-order valence-corrected chi connectivity index (χ3v) is 4.67. The highest BCUT2D eigenvalue weighted by Gasteiger charge is 2.34. The summed E-state index contributed by atoms with van der Waals surface area (Å²) in [5.74, 6) is 1.35. The number of ether oxygens (including phenoxy) is 1. The van der Waals surface area contributed by atoms with Crippen molar-refractivity contribution in [2.75, 3.05) is 6.61 Å². The summed E-state index contributed by atoms with van der Waals surface area (Å²) >= 11 is 0. The van der Waals surface area contributed by atoms with Crippen molar-refractivity contribution >= 4 is 23.7 Å². The van der Waals surface area contributed by atoms with Crippen LogP contribution in [0.4, 0.5) is 0 Å². The molecule has 2 aliphatic rings. The molecule has 1 aromatic carbocycles. The predicted molar refractivity (Wildman–Crippen MR) is 111 cm³/mol. The van der Waals surface area contributed by atoms with E-state index in [4.69, 9.17) is 15.0 Å². The number of hydrogen-bond donors (Lipinski definition) is 1. The first-order valence-electron chi connectivity index (χ1n) is 9.46. The molecule has 1 N–H and O–H groups in total. The fourth-order valence-electron chi connectivity index (χ4n) is 3.17. The topological polar surface area (TPSA) is 79.9 Å². The molecule has 0 unspecified atom stereocenters. The van der Waals surface area contributed by atoms with E-state index in [0.717, 1.165) is 24.4 Å². The van der Waals surface area contributed by atoms with Crippen LogP contribution in [0.15, 0.2) is 65.0 Å². The molecular formula is C22H22N4O3. The molecule has 4 rings (SSSR count). The van der Waals surface area contributed by atoms with E-state index in [0.29, 0.717) is 18.2 Å². The van der Waals surface area contributed by atoms with Crippen molar-refractivity contribution < 1.29 is 14.4 Å². The van der Waals surface area contributed by atoms with Gasteiger partial charge in [0, 0.05) is 24.5 Å². The van der Waals surface area contributed by atoms with Crippen LogP contribution in [0, 0.1) is 12.3 Å². The maximum absolute atomic E-state index is 12.4. The lowest BCUT2D eigenvalue weighted by Crippen LogP contribution is -2.38. The van der Waals surface area contributed by atoms with Crippen LogP contribution in [0.3, 0.4) is 0 Å². The summed E-state index contributed by atoms with van der Waals surface area (Å²) in [6.45, 7) is 5.12. The maximum atomic E-state index is 12.4. The van der Waals surface area contributed by atoms with Crippen LogP contribution in [0.2, 0.25) is 0 Å². The minimum atomic E-state index is -0.439. The van der Waals surface area contributed by atoms with Crippen molar-refractivity contribution in [3.05, 3.63) is 71.3 Å². The fraction of sp³-hybridized carbons (Fsp3) is 0.227.